The first-order chi connectivity index (χ1) is 7.12. The van der Waals surface area contributed by atoms with E-state index < -0.39 is 20.8 Å². The Morgan fingerprint density at radius 2 is 1.19 bits per heavy atom. The van der Waals surface area contributed by atoms with Crippen LogP contribution in [0.3, 0.4) is 0 Å². The van der Waals surface area contributed by atoms with Crippen LogP contribution in [0.5, 0.6) is 0 Å². The summed E-state index contributed by atoms with van der Waals surface area (Å²) >= 11 is 0. The third kappa shape index (κ3) is 23.2. The van der Waals surface area contributed by atoms with E-state index in [1.165, 1.54) is 12.2 Å². The fourth-order valence-corrected chi connectivity index (χ4v) is 0.891. The SMILES string of the molecule is C=CCOS(=O)(=O)OCC=C.O=S(=O)(O)O. The lowest BCUT2D eigenvalue weighted by Crippen LogP contribution is -2.09. The summed E-state index contributed by atoms with van der Waals surface area (Å²) in [6, 6.07) is 0. The van der Waals surface area contributed by atoms with Crippen LogP contribution in [-0.4, -0.2) is 39.2 Å². The van der Waals surface area contributed by atoms with Crippen LogP contribution in [0.4, 0.5) is 0 Å². The van der Waals surface area contributed by atoms with Crippen molar-refractivity contribution in [3.05, 3.63) is 25.3 Å². The molecule has 0 rings (SSSR count). The molecule has 0 atom stereocenters. The predicted molar refractivity (Wildman–Crippen MR) is 55.4 cm³/mol. The maximum absolute atomic E-state index is 10.6. The summed E-state index contributed by atoms with van der Waals surface area (Å²) < 4.78 is 61.3. The molecule has 0 aromatic carbocycles. The van der Waals surface area contributed by atoms with Crippen LogP contribution in [0, 0.1) is 0 Å². The van der Waals surface area contributed by atoms with Crippen molar-refractivity contribution in [2.45, 2.75) is 0 Å². The quantitative estimate of drug-likeness (QED) is 0.512. The minimum Gasteiger partial charge on any atom is -0.264 e. The molecule has 0 aromatic rings. The topological polar surface area (TPSA) is 127 Å². The van der Waals surface area contributed by atoms with Crippen LogP contribution in [0.15, 0.2) is 25.3 Å². The molecule has 96 valence electrons. The lowest BCUT2D eigenvalue weighted by atomic mass is 10.7. The number of rotatable bonds is 6. The summed E-state index contributed by atoms with van der Waals surface area (Å²) in [5, 5.41) is 0. The monoisotopic (exact) mass is 276 g/mol. The van der Waals surface area contributed by atoms with Gasteiger partial charge in [-0.3, -0.25) is 9.11 Å². The molecule has 0 aliphatic rings. The van der Waals surface area contributed by atoms with Gasteiger partial charge in [-0.05, 0) is 0 Å². The van der Waals surface area contributed by atoms with E-state index in [9.17, 15) is 8.42 Å². The summed E-state index contributed by atoms with van der Waals surface area (Å²) in [5.41, 5.74) is 0. The Kier molecular flexibility index (Phi) is 9.22. The van der Waals surface area contributed by atoms with Crippen molar-refractivity contribution in [1.82, 2.24) is 0 Å². The van der Waals surface area contributed by atoms with Gasteiger partial charge in [0, 0.05) is 0 Å². The maximum Gasteiger partial charge on any atom is 0.400 e. The molecule has 0 unspecified atom stereocenters. The molecule has 10 heteroatoms. The van der Waals surface area contributed by atoms with Gasteiger partial charge in [0.1, 0.15) is 0 Å². The van der Waals surface area contributed by atoms with Gasteiger partial charge < -0.3 is 0 Å². The molecule has 8 nitrogen and oxygen atoms in total. The number of hydrogen-bond donors (Lipinski definition) is 2. The molecule has 0 radical (unpaired) electrons. The van der Waals surface area contributed by atoms with E-state index in [1.807, 2.05) is 0 Å². The molecular formula is C6H12O8S2. The first kappa shape index (κ1) is 17.6. The van der Waals surface area contributed by atoms with Crippen LogP contribution in [-0.2, 0) is 29.2 Å². The number of hydrogen-bond acceptors (Lipinski definition) is 6. The second kappa shape index (κ2) is 8.38. The van der Waals surface area contributed by atoms with Gasteiger partial charge in [0.2, 0.25) is 0 Å². The molecule has 0 bridgehead atoms. The van der Waals surface area contributed by atoms with Gasteiger partial charge in [-0.1, -0.05) is 12.2 Å². The van der Waals surface area contributed by atoms with Gasteiger partial charge in [0.05, 0.1) is 13.2 Å². The summed E-state index contributed by atoms with van der Waals surface area (Å²) in [4.78, 5) is 0. The first-order valence-electron chi connectivity index (χ1n) is 3.58. The zero-order valence-electron chi connectivity index (χ0n) is 8.14. The van der Waals surface area contributed by atoms with Crippen LogP contribution < -0.4 is 0 Å². The minimum atomic E-state index is -4.67. The molecule has 0 aliphatic carbocycles. The Balaban J connectivity index is 0. The highest BCUT2D eigenvalue weighted by Crippen LogP contribution is 1.94. The Morgan fingerprint density at radius 1 is 0.938 bits per heavy atom. The molecule has 2 N–H and O–H groups in total. The lowest BCUT2D eigenvalue weighted by molar-refractivity contribution is 0.247. The highest BCUT2D eigenvalue weighted by atomic mass is 32.3. The fourth-order valence-electron chi connectivity index (χ4n) is 0.297. The van der Waals surface area contributed by atoms with Gasteiger partial charge in [-0.2, -0.15) is 16.8 Å². The van der Waals surface area contributed by atoms with Gasteiger partial charge in [-0.15, -0.1) is 13.2 Å². The van der Waals surface area contributed by atoms with Crippen molar-refractivity contribution >= 4 is 20.8 Å². The van der Waals surface area contributed by atoms with Gasteiger partial charge in [-0.25, -0.2) is 8.37 Å². The van der Waals surface area contributed by atoms with Crippen molar-refractivity contribution in [3.63, 3.8) is 0 Å². The Morgan fingerprint density at radius 3 is 1.38 bits per heavy atom. The second-order valence-corrected chi connectivity index (χ2v) is 4.19. The van der Waals surface area contributed by atoms with E-state index in [-0.39, 0.29) is 13.2 Å². The third-order valence-corrected chi connectivity index (χ3v) is 1.51. The van der Waals surface area contributed by atoms with E-state index in [0.29, 0.717) is 0 Å². The van der Waals surface area contributed by atoms with E-state index in [0.717, 1.165) is 0 Å². The van der Waals surface area contributed by atoms with Gasteiger partial charge in [0.15, 0.2) is 0 Å². The Bertz CT molecular complexity index is 366. The average Bonchev–Trinajstić information content (AvgIpc) is 2.09. The molecule has 0 amide bonds. The maximum atomic E-state index is 10.6. The van der Waals surface area contributed by atoms with Crippen molar-refractivity contribution in [2.75, 3.05) is 13.2 Å². The lowest BCUT2D eigenvalue weighted by Gasteiger charge is -2.00. The molecule has 0 aliphatic heterocycles. The first-order valence-corrected chi connectivity index (χ1v) is 6.31. The predicted octanol–water partition coefficient (Wildman–Crippen LogP) is -0.0164. The van der Waals surface area contributed by atoms with Gasteiger partial charge in [0.25, 0.3) is 0 Å². The highest BCUT2D eigenvalue weighted by molar-refractivity contribution is 7.81. The van der Waals surface area contributed by atoms with E-state index in [2.05, 4.69) is 21.5 Å². The molecular weight excluding hydrogens is 264 g/mol. The molecule has 0 saturated carbocycles. The normalized spacial score (nSPS) is 11.1. The van der Waals surface area contributed by atoms with Crippen LogP contribution in [0.25, 0.3) is 0 Å². The third-order valence-electron chi connectivity index (χ3n) is 0.660. The van der Waals surface area contributed by atoms with Crippen molar-refractivity contribution in [2.24, 2.45) is 0 Å². The average molecular weight is 276 g/mol. The molecule has 0 aromatic heterocycles. The molecule has 0 fully saturated rings. The minimum absolute atomic E-state index is 0.0839. The zero-order chi connectivity index (χ0) is 13.2. The summed E-state index contributed by atoms with van der Waals surface area (Å²) in [6.45, 7) is 6.39. The highest BCUT2D eigenvalue weighted by Gasteiger charge is 2.08. The smallest absolute Gasteiger partial charge is 0.264 e. The second-order valence-electron chi connectivity index (χ2n) is 2.00. The van der Waals surface area contributed by atoms with Crippen molar-refractivity contribution < 1.29 is 34.3 Å². The van der Waals surface area contributed by atoms with Crippen LogP contribution >= 0.6 is 0 Å². The largest absolute Gasteiger partial charge is 0.400 e. The van der Waals surface area contributed by atoms with E-state index in [4.69, 9.17) is 17.5 Å². The van der Waals surface area contributed by atoms with Gasteiger partial charge >= 0.3 is 20.8 Å². The van der Waals surface area contributed by atoms with Crippen molar-refractivity contribution in [1.29, 1.82) is 0 Å². The zero-order valence-corrected chi connectivity index (χ0v) is 9.78. The van der Waals surface area contributed by atoms with Crippen molar-refractivity contribution in [3.8, 4) is 0 Å². The standard InChI is InChI=1S/C6H10O4S.H2O4S/c1-3-5-9-11(7,8)10-6-4-2;1-5(2,3)4/h3-4H,1-2,5-6H2;(H2,1,2,3,4). The summed E-state index contributed by atoms with van der Waals surface area (Å²) in [7, 11) is -8.52. The van der Waals surface area contributed by atoms with Crippen LogP contribution in [0.2, 0.25) is 0 Å². The fraction of sp³-hybridized carbons (Fsp3) is 0.333. The van der Waals surface area contributed by atoms with E-state index in [1.54, 1.807) is 0 Å². The molecule has 0 spiro atoms. The molecule has 0 heterocycles. The molecule has 0 saturated heterocycles. The molecule has 16 heavy (non-hydrogen) atoms. The van der Waals surface area contributed by atoms with Crippen LogP contribution in [0.1, 0.15) is 0 Å². The van der Waals surface area contributed by atoms with E-state index >= 15 is 0 Å². The summed E-state index contributed by atoms with van der Waals surface area (Å²) in [6.07, 6.45) is 2.63. The summed E-state index contributed by atoms with van der Waals surface area (Å²) in [5.74, 6) is 0. The Hall–Kier alpha value is -0.780. The Labute approximate surface area is 94.1 Å².